The molecule has 110 valence electrons. The fraction of sp³-hybridized carbons (Fsp3) is 0.938. The van der Waals surface area contributed by atoms with Crippen LogP contribution in [0.25, 0.3) is 0 Å². The van der Waals surface area contributed by atoms with Gasteiger partial charge in [-0.05, 0) is 39.2 Å². The lowest BCUT2D eigenvalue weighted by atomic mass is 9.81. The number of rotatable bonds is 5. The molecule has 1 saturated carbocycles. The first-order valence-corrected chi connectivity index (χ1v) is 8.01. The van der Waals surface area contributed by atoms with Crippen molar-refractivity contribution in [3.8, 4) is 0 Å². The number of hydrogen-bond acceptors (Lipinski definition) is 3. The van der Waals surface area contributed by atoms with Gasteiger partial charge in [-0.15, -0.1) is 0 Å². The number of likely N-dealkylation sites (N-methyl/N-ethyl adjacent to an activating group) is 1. The molecular weight excluding hydrogens is 238 g/mol. The molecule has 0 bridgehead atoms. The van der Waals surface area contributed by atoms with E-state index in [2.05, 4.69) is 11.9 Å². The second-order valence-electron chi connectivity index (χ2n) is 6.58. The number of ether oxygens (including phenoxy) is 1. The summed E-state index contributed by atoms with van der Waals surface area (Å²) in [5.41, 5.74) is -0.0834. The molecular formula is C16H29NO2. The number of carbonyl (C=O) groups is 1. The molecule has 3 heteroatoms. The van der Waals surface area contributed by atoms with Crippen molar-refractivity contribution < 1.29 is 9.53 Å². The Bertz CT molecular complexity index is 266. The average Bonchev–Trinajstić information content (AvgIpc) is 2.66. The quantitative estimate of drug-likeness (QED) is 0.566. The van der Waals surface area contributed by atoms with Gasteiger partial charge in [0, 0.05) is 25.1 Å². The van der Waals surface area contributed by atoms with Gasteiger partial charge in [-0.2, -0.15) is 0 Å². The first-order chi connectivity index (χ1) is 9.24. The van der Waals surface area contributed by atoms with E-state index in [0.717, 1.165) is 32.5 Å². The maximum Gasteiger partial charge on any atom is 0.127 e. The third-order valence-corrected chi connectivity index (χ3v) is 4.72. The molecule has 2 aliphatic rings. The van der Waals surface area contributed by atoms with Gasteiger partial charge in [0.25, 0.3) is 0 Å². The molecule has 1 saturated heterocycles. The first-order valence-electron chi connectivity index (χ1n) is 8.01. The summed E-state index contributed by atoms with van der Waals surface area (Å²) in [6.07, 6.45) is 12.5. The lowest BCUT2D eigenvalue weighted by molar-refractivity contribution is -0.118. The molecule has 1 atom stereocenters. The molecule has 0 aromatic heterocycles. The normalized spacial score (nSPS) is 28.0. The van der Waals surface area contributed by atoms with Crippen LogP contribution in [0.5, 0.6) is 0 Å². The topological polar surface area (TPSA) is 29.5 Å². The van der Waals surface area contributed by atoms with Crippen LogP contribution in [0, 0.1) is 5.41 Å². The van der Waals surface area contributed by atoms with Crippen molar-refractivity contribution in [2.24, 2.45) is 5.41 Å². The molecule has 1 unspecified atom stereocenters. The number of nitrogens with zero attached hydrogens (tertiary/aromatic N) is 1. The summed E-state index contributed by atoms with van der Waals surface area (Å²) in [4.78, 5) is 13.9. The van der Waals surface area contributed by atoms with E-state index in [1.54, 1.807) is 0 Å². The van der Waals surface area contributed by atoms with Gasteiger partial charge in [0.2, 0.25) is 0 Å². The van der Waals surface area contributed by atoms with Crippen LogP contribution in [0.3, 0.4) is 0 Å². The van der Waals surface area contributed by atoms with E-state index < -0.39 is 0 Å². The fourth-order valence-electron chi connectivity index (χ4n) is 3.65. The monoisotopic (exact) mass is 267 g/mol. The van der Waals surface area contributed by atoms with Crippen LogP contribution in [-0.4, -0.2) is 44.0 Å². The summed E-state index contributed by atoms with van der Waals surface area (Å²) in [7, 11) is 2.15. The molecule has 2 fully saturated rings. The molecule has 19 heavy (non-hydrogen) atoms. The van der Waals surface area contributed by atoms with Crippen molar-refractivity contribution >= 4 is 6.29 Å². The van der Waals surface area contributed by atoms with Gasteiger partial charge in [-0.25, -0.2) is 0 Å². The smallest absolute Gasteiger partial charge is 0.127 e. The van der Waals surface area contributed by atoms with Crippen molar-refractivity contribution in [3.63, 3.8) is 0 Å². The van der Waals surface area contributed by atoms with E-state index in [9.17, 15) is 4.79 Å². The Morgan fingerprint density at radius 3 is 2.47 bits per heavy atom. The third-order valence-electron chi connectivity index (χ3n) is 4.72. The lowest BCUT2D eigenvalue weighted by Gasteiger charge is -2.34. The molecule has 0 spiro atoms. The maximum atomic E-state index is 11.6. The highest BCUT2D eigenvalue weighted by molar-refractivity contribution is 5.59. The van der Waals surface area contributed by atoms with Crippen LogP contribution in [-0.2, 0) is 9.53 Å². The third kappa shape index (κ3) is 4.57. The van der Waals surface area contributed by atoms with Gasteiger partial charge in [-0.1, -0.05) is 25.7 Å². The van der Waals surface area contributed by atoms with E-state index in [-0.39, 0.29) is 5.41 Å². The van der Waals surface area contributed by atoms with E-state index in [1.165, 1.54) is 51.2 Å². The summed E-state index contributed by atoms with van der Waals surface area (Å²) in [6, 6.07) is 0. The summed E-state index contributed by atoms with van der Waals surface area (Å²) in [5.74, 6) is 0. The SMILES string of the molecule is CN(CC1CCCCO1)CC1(C=O)CCCCCC1. The first kappa shape index (κ1) is 15.0. The number of aldehydes is 1. The largest absolute Gasteiger partial charge is 0.377 e. The molecule has 0 aromatic rings. The van der Waals surface area contributed by atoms with Gasteiger partial charge >= 0.3 is 0 Å². The van der Waals surface area contributed by atoms with Crippen molar-refractivity contribution in [2.45, 2.75) is 63.9 Å². The van der Waals surface area contributed by atoms with Crippen molar-refractivity contribution in [1.82, 2.24) is 4.90 Å². The molecule has 2 rings (SSSR count). The standard InChI is InChI=1S/C16H29NO2/c1-17(12-15-8-4-7-11-19-15)13-16(14-18)9-5-2-3-6-10-16/h14-15H,2-13H2,1H3. The Balaban J connectivity index is 1.83. The van der Waals surface area contributed by atoms with E-state index in [0.29, 0.717) is 6.10 Å². The van der Waals surface area contributed by atoms with Crippen LogP contribution in [0.4, 0.5) is 0 Å². The van der Waals surface area contributed by atoms with Crippen LogP contribution in [0.15, 0.2) is 0 Å². The zero-order chi connectivity index (χ0) is 13.6. The molecule has 0 aromatic carbocycles. The lowest BCUT2D eigenvalue weighted by Crippen LogP contribution is -2.41. The van der Waals surface area contributed by atoms with Gasteiger partial charge < -0.3 is 14.4 Å². The van der Waals surface area contributed by atoms with Crippen LogP contribution >= 0.6 is 0 Å². The fourth-order valence-corrected chi connectivity index (χ4v) is 3.65. The second kappa shape index (κ2) is 7.39. The Kier molecular flexibility index (Phi) is 5.83. The molecule has 1 aliphatic carbocycles. The predicted octanol–water partition coefficient (Wildman–Crippen LogP) is 3.03. The summed E-state index contributed by atoms with van der Waals surface area (Å²) >= 11 is 0. The summed E-state index contributed by atoms with van der Waals surface area (Å²) in [5, 5.41) is 0. The minimum Gasteiger partial charge on any atom is -0.377 e. The Hall–Kier alpha value is -0.410. The Morgan fingerprint density at radius 2 is 1.89 bits per heavy atom. The summed E-state index contributed by atoms with van der Waals surface area (Å²) in [6.45, 7) is 2.81. The van der Waals surface area contributed by atoms with Gasteiger partial charge in [0.05, 0.1) is 6.10 Å². The minimum atomic E-state index is -0.0834. The Morgan fingerprint density at radius 1 is 1.16 bits per heavy atom. The van der Waals surface area contributed by atoms with Crippen LogP contribution < -0.4 is 0 Å². The zero-order valence-electron chi connectivity index (χ0n) is 12.4. The minimum absolute atomic E-state index is 0.0834. The molecule has 3 nitrogen and oxygen atoms in total. The van der Waals surface area contributed by atoms with Gasteiger partial charge in [0.1, 0.15) is 6.29 Å². The highest BCUT2D eigenvalue weighted by Gasteiger charge is 2.32. The van der Waals surface area contributed by atoms with Crippen molar-refractivity contribution in [3.05, 3.63) is 0 Å². The van der Waals surface area contributed by atoms with Crippen LogP contribution in [0.1, 0.15) is 57.8 Å². The molecule has 1 heterocycles. The Labute approximate surface area is 117 Å². The predicted molar refractivity (Wildman–Crippen MR) is 77.3 cm³/mol. The summed E-state index contributed by atoms with van der Waals surface area (Å²) < 4.78 is 5.80. The highest BCUT2D eigenvalue weighted by atomic mass is 16.5. The van der Waals surface area contributed by atoms with Gasteiger partial charge in [0.15, 0.2) is 0 Å². The van der Waals surface area contributed by atoms with E-state index in [1.807, 2.05) is 0 Å². The van der Waals surface area contributed by atoms with Crippen molar-refractivity contribution in [2.75, 3.05) is 26.7 Å². The van der Waals surface area contributed by atoms with E-state index in [4.69, 9.17) is 4.74 Å². The maximum absolute atomic E-state index is 11.6. The van der Waals surface area contributed by atoms with Gasteiger partial charge in [-0.3, -0.25) is 0 Å². The second-order valence-corrected chi connectivity index (χ2v) is 6.58. The zero-order valence-corrected chi connectivity index (χ0v) is 12.4. The molecule has 0 N–H and O–H groups in total. The average molecular weight is 267 g/mol. The van der Waals surface area contributed by atoms with E-state index >= 15 is 0 Å². The molecule has 0 radical (unpaired) electrons. The number of carbonyl (C=O) groups excluding carboxylic acids is 1. The molecule has 0 amide bonds. The molecule has 1 aliphatic heterocycles. The number of hydrogen-bond donors (Lipinski definition) is 0. The highest BCUT2D eigenvalue weighted by Crippen LogP contribution is 2.34. The van der Waals surface area contributed by atoms with Crippen molar-refractivity contribution in [1.29, 1.82) is 0 Å². The van der Waals surface area contributed by atoms with Crippen LogP contribution in [0.2, 0.25) is 0 Å².